The Kier molecular flexibility index (Phi) is 5.59. The van der Waals surface area contributed by atoms with Gasteiger partial charge >= 0.3 is 0 Å². The zero-order chi connectivity index (χ0) is 32.8. The Morgan fingerprint density at radius 1 is 0.360 bits per heavy atom. The predicted octanol–water partition coefficient (Wildman–Crippen LogP) is 11.3. The van der Waals surface area contributed by atoms with Crippen LogP contribution in [0.5, 0.6) is 0 Å². The molecule has 9 aromatic rings. The van der Waals surface area contributed by atoms with E-state index in [9.17, 15) is 0 Å². The summed E-state index contributed by atoms with van der Waals surface area (Å²) in [5.74, 6) is 0.660. The minimum Gasteiger partial charge on any atom is -0.278 e. The molecular weight excluding hydrogens is 607 g/mol. The van der Waals surface area contributed by atoms with E-state index >= 15 is 0 Å². The molecule has 2 heterocycles. The van der Waals surface area contributed by atoms with Gasteiger partial charge in [0.05, 0.1) is 27.8 Å². The maximum absolute atomic E-state index is 5.32. The molecule has 0 unspecified atom stereocenters. The van der Waals surface area contributed by atoms with Crippen molar-refractivity contribution in [3.63, 3.8) is 0 Å². The molecule has 0 saturated carbocycles. The lowest BCUT2D eigenvalue weighted by Crippen LogP contribution is -2.25. The topological polar surface area (TPSA) is 30.7 Å². The third-order valence-electron chi connectivity index (χ3n) is 10.8. The largest absolute Gasteiger partial charge is 0.278 e. The van der Waals surface area contributed by atoms with Crippen molar-refractivity contribution in [2.75, 3.05) is 0 Å². The highest BCUT2D eigenvalue weighted by Crippen LogP contribution is 2.63. The summed E-state index contributed by atoms with van der Waals surface area (Å²) in [4.78, 5) is 10.6. The van der Waals surface area contributed by atoms with Crippen LogP contribution < -0.4 is 0 Å². The van der Waals surface area contributed by atoms with E-state index in [0.717, 1.165) is 33.5 Å². The molecule has 0 N–H and O–H groups in total. The van der Waals surface area contributed by atoms with Crippen LogP contribution in [0.3, 0.4) is 0 Å². The molecule has 3 heteroatoms. The van der Waals surface area contributed by atoms with Crippen molar-refractivity contribution in [1.29, 1.82) is 0 Å². The molecule has 7 aromatic carbocycles. The summed E-state index contributed by atoms with van der Waals surface area (Å²) in [5, 5.41) is 2.38. The van der Waals surface area contributed by atoms with Crippen LogP contribution in [-0.2, 0) is 5.41 Å². The maximum Gasteiger partial charge on any atom is 0.235 e. The highest BCUT2D eigenvalue weighted by Gasteiger charge is 2.51. The quantitative estimate of drug-likeness (QED) is 0.193. The van der Waals surface area contributed by atoms with Crippen LogP contribution in [0, 0.1) is 0 Å². The molecule has 0 fully saturated rings. The van der Waals surface area contributed by atoms with Crippen LogP contribution in [-0.4, -0.2) is 14.5 Å². The molecule has 0 radical (unpaired) electrons. The average molecular weight is 636 g/mol. The number of rotatable bonds is 3. The number of para-hydroxylation sites is 1. The second kappa shape index (κ2) is 10.2. The lowest BCUT2D eigenvalue weighted by atomic mass is 9.70. The van der Waals surface area contributed by atoms with Crippen LogP contribution in [0.1, 0.15) is 22.3 Å². The maximum atomic E-state index is 5.32. The Morgan fingerprint density at radius 2 is 0.840 bits per heavy atom. The summed E-state index contributed by atoms with van der Waals surface area (Å²) in [6.45, 7) is 0. The molecular formula is C47H29N3. The van der Waals surface area contributed by atoms with Gasteiger partial charge in [0.1, 0.15) is 0 Å². The second-order valence-corrected chi connectivity index (χ2v) is 13.3. The van der Waals surface area contributed by atoms with Crippen LogP contribution in [0.25, 0.3) is 72.5 Å². The van der Waals surface area contributed by atoms with E-state index in [4.69, 9.17) is 9.97 Å². The average Bonchev–Trinajstić information content (AvgIpc) is 3.79. The van der Waals surface area contributed by atoms with Gasteiger partial charge in [-0.05, 0) is 68.8 Å². The number of fused-ring (bicyclic) bond motifs is 13. The number of hydrogen-bond acceptors (Lipinski definition) is 2. The molecule has 1 spiro atoms. The van der Waals surface area contributed by atoms with Crippen LogP contribution in [0.4, 0.5) is 0 Å². The SMILES string of the molecule is c1ccc(-c2cc(-c3ccccc3)nc(-n3c4ccccc4c4cc5c(cc43)C3(c4ccccc4-c4ccccc43)c3ccccc3-5)n2)cc1. The lowest BCUT2D eigenvalue weighted by Gasteiger charge is -2.30. The van der Waals surface area contributed by atoms with E-state index in [0.29, 0.717) is 5.95 Å². The summed E-state index contributed by atoms with van der Waals surface area (Å²) in [6, 6.07) is 63.5. The van der Waals surface area contributed by atoms with Crippen LogP contribution in [0.2, 0.25) is 0 Å². The van der Waals surface area contributed by atoms with Gasteiger partial charge in [0.2, 0.25) is 5.95 Å². The van der Waals surface area contributed by atoms with E-state index in [1.807, 2.05) is 12.1 Å². The summed E-state index contributed by atoms with van der Waals surface area (Å²) in [6.07, 6.45) is 0. The molecule has 0 atom stereocenters. The first-order valence-corrected chi connectivity index (χ1v) is 17.2. The van der Waals surface area contributed by atoms with Gasteiger partial charge in [-0.25, -0.2) is 9.97 Å². The molecule has 0 saturated heterocycles. The molecule has 2 aliphatic carbocycles. The Labute approximate surface area is 289 Å². The summed E-state index contributed by atoms with van der Waals surface area (Å²) >= 11 is 0. The molecule has 0 aliphatic heterocycles. The summed E-state index contributed by atoms with van der Waals surface area (Å²) in [7, 11) is 0. The standard InChI is InChI=1S/C47H29N3/c1-3-15-30(16-4-1)42-29-43(31-17-5-2-6-18-31)49-46(48-42)50-44-26-14-10-22-35(44)37-27-36-34-21-9-13-25-40(34)47(41(36)28-45(37)50)38-23-11-7-19-32(38)33-20-8-12-24-39(33)47/h1-29H. The van der Waals surface area contributed by atoms with Crippen molar-refractivity contribution < 1.29 is 0 Å². The van der Waals surface area contributed by atoms with Crippen molar-refractivity contribution in [1.82, 2.24) is 14.5 Å². The minimum atomic E-state index is -0.434. The Balaban J connectivity index is 1.27. The number of hydrogen-bond donors (Lipinski definition) is 0. The van der Waals surface area contributed by atoms with Gasteiger partial charge < -0.3 is 0 Å². The van der Waals surface area contributed by atoms with E-state index in [1.54, 1.807) is 0 Å². The van der Waals surface area contributed by atoms with Gasteiger partial charge in [0.15, 0.2) is 0 Å². The molecule has 2 aliphatic rings. The molecule has 0 bridgehead atoms. The van der Waals surface area contributed by atoms with E-state index < -0.39 is 5.41 Å². The molecule has 11 rings (SSSR count). The minimum absolute atomic E-state index is 0.434. The molecule has 0 amide bonds. The third kappa shape index (κ3) is 3.58. The molecule has 232 valence electrons. The van der Waals surface area contributed by atoms with Gasteiger partial charge in [0.25, 0.3) is 0 Å². The van der Waals surface area contributed by atoms with E-state index in [2.05, 4.69) is 168 Å². The fourth-order valence-corrected chi connectivity index (χ4v) is 8.82. The first-order valence-electron chi connectivity index (χ1n) is 17.2. The van der Waals surface area contributed by atoms with Gasteiger partial charge in [-0.3, -0.25) is 4.57 Å². The molecule has 50 heavy (non-hydrogen) atoms. The van der Waals surface area contributed by atoms with Crippen LogP contribution in [0.15, 0.2) is 176 Å². The van der Waals surface area contributed by atoms with Crippen molar-refractivity contribution in [2.45, 2.75) is 5.41 Å². The van der Waals surface area contributed by atoms with E-state index in [-0.39, 0.29) is 0 Å². The number of benzene rings is 7. The zero-order valence-electron chi connectivity index (χ0n) is 27.1. The van der Waals surface area contributed by atoms with Crippen molar-refractivity contribution in [2.24, 2.45) is 0 Å². The predicted molar refractivity (Wildman–Crippen MR) is 204 cm³/mol. The Hall–Kier alpha value is -6.58. The summed E-state index contributed by atoms with van der Waals surface area (Å²) < 4.78 is 2.28. The first-order chi connectivity index (χ1) is 24.8. The van der Waals surface area contributed by atoms with Crippen molar-refractivity contribution in [3.05, 3.63) is 198 Å². The smallest absolute Gasteiger partial charge is 0.235 e. The fourth-order valence-electron chi connectivity index (χ4n) is 8.82. The molecule has 3 nitrogen and oxygen atoms in total. The fraction of sp³-hybridized carbons (Fsp3) is 0.0213. The van der Waals surface area contributed by atoms with Gasteiger partial charge in [-0.1, -0.05) is 152 Å². The normalized spacial score (nSPS) is 13.4. The van der Waals surface area contributed by atoms with Gasteiger partial charge in [0, 0.05) is 21.9 Å². The highest BCUT2D eigenvalue weighted by molar-refractivity contribution is 6.12. The van der Waals surface area contributed by atoms with Gasteiger partial charge in [-0.15, -0.1) is 0 Å². The first kappa shape index (κ1) is 27.4. The molecule has 2 aromatic heterocycles. The second-order valence-electron chi connectivity index (χ2n) is 13.3. The summed E-state index contributed by atoms with van der Waals surface area (Å²) in [5.41, 5.74) is 16.2. The van der Waals surface area contributed by atoms with E-state index in [1.165, 1.54) is 55.3 Å². The lowest BCUT2D eigenvalue weighted by molar-refractivity contribution is 0.794. The van der Waals surface area contributed by atoms with Crippen molar-refractivity contribution in [3.8, 4) is 50.7 Å². The Bertz CT molecular complexity index is 2710. The Morgan fingerprint density at radius 3 is 1.42 bits per heavy atom. The van der Waals surface area contributed by atoms with Crippen molar-refractivity contribution >= 4 is 21.8 Å². The number of nitrogens with zero attached hydrogens (tertiary/aromatic N) is 3. The third-order valence-corrected chi connectivity index (χ3v) is 10.8. The van der Waals surface area contributed by atoms with Crippen LogP contribution >= 0.6 is 0 Å². The number of aromatic nitrogens is 3. The zero-order valence-corrected chi connectivity index (χ0v) is 27.1. The highest BCUT2D eigenvalue weighted by atomic mass is 15.2. The van der Waals surface area contributed by atoms with Gasteiger partial charge in [-0.2, -0.15) is 0 Å². The monoisotopic (exact) mass is 635 g/mol.